The number of rotatable bonds is 12. The van der Waals surface area contributed by atoms with Crippen molar-refractivity contribution in [2.75, 3.05) is 17.5 Å². The predicted octanol–water partition coefficient (Wildman–Crippen LogP) is 7.31. The van der Waals surface area contributed by atoms with Gasteiger partial charge in [0.25, 0.3) is 15.9 Å². The maximum Gasteiger partial charge on any atom is 0.326 e. The third-order valence-corrected chi connectivity index (χ3v) is 8.58. The van der Waals surface area contributed by atoms with E-state index < -0.39 is 22.5 Å². The van der Waals surface area contributed by atoms with E-state index in [2.05, 4.69) is 10.1 Å². The highest BCUT2D eigenvalue weighted by Gasteiger charge is 2.29. The van der Waals surface area contributed by atoms with Gasteiger partial charge < -0.3 is 14.0 Å². The molecule has 0 unspecified atom stereocenters. The molecule has 0 N–H and O–H groups in total. The summed E-state index contributed by atoms with van der Waals surface area (Å²) >= 11 is 12.2. The van der Waals surface area contributed by atoms with Crippen molar-refractivity contribution in [2.24, 2.45) is 0 Å². The number of carbonyl (C=O) groups is 1. The second kappa shape index (κ2) is 13.5. The summed E-state index contributed by atoms with van der Waals surface area (Å²) in [6.45, 7) is 1.78. The minimum atomic E-state index is -4.25. The third-order valence-electron chi connectivity index (χ3n) is 6.40. The van der Waals surface area contributed by atoms with E-state index in [0.717, 1.165) is 21.5 Å². The number of aromatic nitrogens is 2. The summed E-state index contributed by atoms with van der Waals surface area (Å²) in [7, 11) is -4.25. The monoisotopic (exact) mass is 639 g/mol. The Morgan fingerprint density at radius 1 is 0.930 bits per heavy atom. The van der Waals surface area contributed by atoms with Gasteiger partial charge in [0.2, 0.25) is 5.82 Å². The molecule has 0 saturated carbocycles. The number of anilines is 1. The van der Waals surface area contributed by atoms with Crippen LogP contribution in [0.15, 0.2) is 94.3 Å². The van der Waals surface area contributed by atoms with Gasteiger partial charge in [-0.05, 0) is 71.8 Å². The first-order valence-corrected chi connectivity index (χ1v) is 15.6. The minimum absolute atomic E-state index is 0.146. The quantitative estimate of drug-likeness (QED) is 0.103. The summed E-state index contributed by atoms with van der Waals surface area (Å²) < 4.78 is 45.0. The minimum Gasteiger partial charge on any atom is -0.485 e. The largest absolute Gasteiger partial charge is 0.485 e. The van der Waals surface area contributed by atoms with Gasteiger partial charge in [0.05, 0.1) is 17.2 Å². The average molecular weight is 641 g/mol. The van der Waals surface area contributed by atoms with Crippen molar-refractivity contribution >= 4 is 55.7 Å². The molecule has 0 spiro atoms. The number of sulfonamides is 1. The summed E-state index contributed by atoms with van der Waals surface area (Å²) in [6, 6.07) is 23.8. The molecule has 0 fully saturated rings. The number of benzene rings is 4. The summed E-state index contributed by atoms with van der Waals surface area (Å²) in [5.41, 5.74) is 0.943. The Hall–Kier alpha value is -4.12. The molecule has 0 aliphatic heterocycles. The van der Waals surface area contributed by atoms with Crippen LogP contribution >= 0.6 is 23.2 Å². The zero-order chi connectivity index (χ0) is 30.4. The van der Waals surface area contributed by atoms with Gasteiger partial charge in [0.1, 0.15) is 12.3 Å². The van der Waals surface area contributed by atoms with Gasteiger partial charge in [0.15, 0.2) is 6.61 Å². The molecule has 0 saturated heterocycles. The molecule has 4 aromatic carbocycles. The van der Waals surface area contributed by atoms with E-state index in [1.807, 2.05) is 43.3 Å². The van der Waals surface area contributed by atoms with E-state index in [1.54, 1.807) is 30.3 Å². The maximum absolute atomic E-state index is 13.8. The Labute approximate surface area is 259 Å². The molecule has 0 aliphatic carbocycles. The van der Waals surface area contributed by atoms with Crippen LogP contribution in [0.3, 0.4) is 0 Å². The topological polar surface area (TPSA) is 112 Å². The lowest BCUT2D eigenvalue weighted by Crippen LogP contribution is -2.36. The second-order valence-electron chi connectivity index (χ2n) is 9.55. The van der Waals surface area contributed by atoms with E-state index in [1.165, 1.54) is 18.2 Å². The summed E-state index contributed by atoms with van der Waals surface area (Å²) in [5, 5.41) is 5.81. The van der Waals surface area contributed by atoms with Gasteiger partial charge in [0, 0.05) is 15.6 Å². The van der Waals surface area contributed by atoms with Crippen molar-refractivity contribution in [3.05, 3.63) is 101 Å². The van der Waals surface area contributed by atoms with Gasteiger partial charge >= 0.3 is 5.97 Å². The molecule has 1 heterocycles. The molecule has 222 valence electrons. The number of unbranched alkanes of at least 4 members (excludes halogenated alkanes) is 1. The van der Waals surface area contributed by atoms with Crippen molar-refractivity contribution in [1.82, 2.24) is 10.1 Å². The number of ether oxygens (including phenoxy) is 2. The standard InChI is InChI=1S/C31H27Cl2N3O6S/c1-2-3-13-40-30(37)19-36(43(38,39)28-17-24(32)16-25(33)18-28)26-12-11-21-14-23(10-9-22(21)15-26)31-34-29(35-42-31)20-41-27-7-5-4-6-8-27/h4-12,14-18H,2-3,13,19-20H2,1H3. The summed E-state index contributed by atoms with van der Waals surface area (Å²) in [4.78, 5) is 17.0. The average Bonchev–Trinajstić information content (AvgIpc) is 3.48. The number of halogens is 2. The number of hydrogen-bond donors (Lipinski definition) is 0. The van der Waals surface area contributed by atoms with Crippen molar-refractivity contribution in [1.29, 1.82) is 0 Å². The van der Waals surface area contributed by atoms with Crippen LogP contribution in [0.4, 0.5) is 5.69 Å². The number of carbonyl (C=O) groups excluding carboxylic acids is 1. The molecular formula is C31H27Cl2N3O6S. The molecular weight excluding hydrogens is 613 g/mol. The van der Waals surface area contributed by atoms with Crippen molar-refractivity contribution in [3.8, 4) is 17.2 Å². The smallest absolute Gasteiger partial charge is 0.326 e. The Morgan fingerprint density at radius 3 is 2.40 bits per heavy atom. The maximum atomic E-state index is 13.8. The second-order valence-corrected chi connectivity index (χ2v) is 12.3. The normalized spacial score (nSPS) is 11.4. The zero-order valence-electron chi connectivity index (χ0n) is 23.1. The highest BCUT2D eigenvalue weighted by Crippen LogP contribution is 2.32. The Bertz CT molecular complexity index is 1830. The van der Waals surface area contributed by atoms with E-state index in [0.29, 0.717) is 29.4 Å². The molecule has 12 heteroatoms. The molecule has 1 aromatic heterocycles. The first-order chi connectivity index (χ1) is 20.7. The highest BCUT2D eigenvalue weighted by atomic mass is 35.5. The van der Waals surface area contributed by atoms with Crippen LogP contribution in [0.1, 0.15) is 25.6 Å². The van der Waals surface area contributed by atoms with Crippen LogP contribution in [-0.4, -0.2) is 37.7 Å². The van der Waals surface area contributed by atoms with Crippen LogP contribution in [0.2, 0.25) is 10.0 Å². The molecule has 5 rings (SSSR count). The molecule has 0 bridgehead atoms. The summed E-state index contributed by atoms with van der Waals surface area (Å²) in [6.07, 6.45) is 1.50. The number of esters is 1. The Kier molecular flexibility index (Phi) is 9.49. The van der Waals surface area contributed by atoms with Crippen molar-refractivity contribution < 1.29 is 27.2 Å². The van der Waals surface area contributed by atoms with Gasteiger partial charge in [-0.25, -0.2) is 8.42 Å². The van der Waals surface area contributed by atoms with Crippen molar-refractivity contribution in [2.45, 2.75) is 31.3 Å². The highest BCUT2D eigenvalue weighted by molar-refractivity contribution is 7.92. The van der Waals surface area contributed by atoms with Crippen LogP contribution < -0.4 is 9.04 Å². The Morgan fingerprint density at radius 2 is 1.65 bits per heavy atom. The van der Waals surface area contributed by atoms with Gasteiger partial charge in [-0.1, -0.05) is 72.0 Å². The van der Waals surface area contributed by atoms with Crippen molar-refractivity contribution in [3.63, 3.8) is 0 Å². The van der Waals surface area contributed by atoms with E-state index in [9.17, 15) is 13.2 Å². The number of para-hydroxylation sites is 1. The molecule has 9 nitrogen and oxygen atoms in total. The molecule has 0 amide bonds. The van der Waals surface area contributed by atoms with E-state index >= 15 is 0 Å². The Balaban J connectivity index is 1.42. The van der Waals surface area contributed by atoms with Crippen LogP contribution in [0.5, 0.6) is 5.75 Å². The molecule has 0 atom stereocenters. The first-order valence-electron chi connectivity index (χ1n) is 13.4. The molecule has 43 heavy (non-hydrogen) atoms. The lowest BCUT2D eigenvalue weighted by Gasteiger charge is -2.24. The fraction of sp³-hybridized carbons (Fsp3) is 0.194. The van der Waals surface area contributed by atoms with Gasteiger partial charge in [-0.3, -0.25) is 9.10 Å². The SMILES string of the molecule is CCCCOC(=O)CN(c1ccc2cc(-c3nc(COc4ccccc4)no3)ccc2c1)S(=O)(=O)c1cc(Cl)cc(Cl)c1. The molecule has 0 radical (unpaired) electrons. The van der Waals surface area contributed by atoms with Crippen LogP contribution in [0, 0.1) is 0 Å². The predicted molar refractivity (Wildman–Crippen MR) is 165 cm³/mol. The fourth-order valence-corrected chi connectivity index (χ4v) is 6.36. The first kappa shape index (κ1) is 30.3. The van der Waals surface area contributed by atoms with Crippen LogP contribution in [0.25, 0.3) is 22.2 Å². The van der Waals surface area contributed by atoms with Gasteiger partial charge in [-0.2, -0.15) is 4.98 Å². The molecule has 0 aliphatic rings. The fourth-order valence-electron chi connectivity index (χ4n) is 4.23. The number of nitrogens with zero attached hydrogens (tertiary/aromatic N) is 3. The number of fused-ring (bicyclic) bond motifs is 1. The van der Waals surface area contributed by atoms with E-state index in [4.69, 9.17) is 37.2 Å². The lowest BCUT2D eigenvalue weighted by atomic mass is 10.1. The zero-order valence-corrected chi connectivity index (χ0v) is 25.4. The molecule has 5 aromatic rings. The third kappa shape index (κ3) is 7.45. The summed E-state index contributed by atoms with van der Waals surface area (Å²) in [5.74, 6) is 0.722. The lowest BCUT2D eigenvalue weighted by molar-refractivity contribution is -0.141. The van der Waals surface area contributed by atoms with E-state index in [-0.39, 0.29) is 33.8 Å². The van der Waals surface area contributed by atoms with Crippen LogP contribution in [-0.2, 0) is 26.2 Å². The van der Waals surface area contributed by atoms with Gasteiger partial charge in [-0.15, -0.1) is 0 Å². The number of hydrogen-bond acceptors (Lipinski definition) is 8.